The topological polar surface area (TPSA) is 57.2 Å². The summed E-state index contributed by atoms with van der Waals surface area (Å²) < 4.78 is 6.20. The van der Waals surface area contributed by atoms with Crippen molar-refractivity contribution in [2.24, 2.45) is 4.99 Å². The van der Waals surface area contributed by atoms with E-state index in [0.29, 0.717) is 12.5 Å². The van der Waals surface area contributed by atoms with E-state index in [1.165, 1.54) is 0 Å². The first kappa shape index (κ1) is 19.5. The van der Waals surface area contributed by atoms with Gasteiger partial charge in [-0.1, -0.05) is 19.1 Å². The lowest BCUT2D eigenvalue weighted by molar-refractivity contribution is -0.115. The van der Waals surface area contributed by atoms with E-state index >= 15 is 0 Å². The van der Waals surface area contributed by atoms with Gasteiger partial charge < -0.3 is 15.0 Å². The molecule has 0 bridgehead atoms. The quantitative estimate of drug-likeness (QED) is 0.849. The van der Waals surface area contributed by atoms with Crippen molar-refractivity contribution in [2.75, 3.05) is 31.5 Å². The third-order valence-corrected chi connectivity index (χ3v) is 5.48. The number of hydrogen-bond acceptors (Lipinski definition) is 5. The molecule has 0 unspecified atom stereocenters. The Morgan fingerprint density at radius 2 is 1.86 bits per heavy atom. The molecule has 2 aromatic carbocycles. The SMILES string of the molecule is CCC(=O)Nc1ccc2c(c1)C(N1CCN(C(C)C)CC1)=Nc1ccccc1O2. The summed E-state index contributed by atoms with van der Waals surface area (Å²) in [6.45, 7) is 10.1. The Balaban J connectivity index is 1.73. The Labute approximate surface area is 172 Å². The van der Waals surface area contributed by atoms with Crippen LogP contribution in [-0.4, -0.2) is 53.8 Å². The highest BCUT2D eigenvalue weighted by Crippen LogP contribution is 2.39. The molecule has 2 aromatic rings. The van der Waals surface area contributed by atoms with E-state index in [0.717, 1.165) is 60.5 Å². The maximum atomic E-state index is 11.9. The molecule has 2 aliphatic heterocycles. The Morgan fingerprint density at radius 1 is 1.10 bits per heavy atom. The fourth-order valence-corrected chi connectivity index (χ4v) is 3.74. The second kappa shape index (κ2) is 8.25. The summed E-state index contributed by atoms with van der Waals surface area (Å²) in [5.74, 6) is 2.40. The van der Waals surface area contributed by atoms with Crippen LogP contribution in [0.15, 0.2) is 47.5 Å². The van der Waals surface area contributed by atoms with Crippen LogP contribution in [0.4, 0.5) is 11.4 Å². The number of amidine groups is 1. The molecular formula is C23H28N4O2. The molecule has 0 atom stereocenters. The Kier molecular flexibility index (Phi) is 5.53. The van der Waals surface area contributed by atoms with Crippen LogP contribution in [0.2, 0.25) is 0 Å². The van der Waals surface area contributed by atoms with Crippen molar-refractivity contribution in [3.63, 3.8) is 0 Å². The van der Waals surface area contributed by atoms with Crippen LogP contribution < -0.4 is 10.1 Å². The first-order chi connectivity index (χ1) is 14.0. The van der Waals surface area contributed by atoms with Crippen molar-refractivity contribution >= 4 is 23.1 Å². The summed E-state index contributed by atoms with van der Waals surface area (Å²) in [5.41, 5.74) is 2.50. The molecule has 1 fully saturated rings. The zero-order valence-corrected chi connectivity index (χ0v) is 17.3. The number of aliphatic imine (C=N–C) groups is 1. The van der Waals surface area contributed by atoms with Crippen molar-refractivity contribution in [3.05, 3.63) is 48.0 Å². The highest BCUT2D eigenvalue weighted by Gasteiger charge is 2.27. The molecular weight excluding hydrogens is 364 g/mol. The van der Waals surface area contributed by atoms with Gasteiger partial charge in [-0.2, -0.15) is 0 Å². The first-order valence-corrected chi connectivity index (χ1v) is 10.3. The maximum Gasteiger partial charge on any atom is 0.224 e. The normalized spacial score (nSPS) is 16.4. The monoisotopic (exact) mass is 392 g/mol. The van der Waals surface area contributed by atoms with Gasteiger partial charge in [0, 0.05) is 44.3 Å². The molecule has 6 nitrogen and oxygen atoms in total. The maximum absolute atomic E-state index is 11.9. The van der Waals surface area contributed by atoms with Crippen LogP contribution in [-0.2, 0) is 4.79 Å². The third kappa shape index (κ3) is 4.12. The summed E-state index contributed by atoms with van der Waals surface area (Å²) in [6.07, 6.45) is 0.442. The predicted molar refractivity (Wildman–Crippen MR) is 116 cm³/mol. The van der Waals surface area contributed by atoms with E-state index in [-0.39, 0.29) is 5.91 Å². The third-order valence-electron chi connectivity index (χ3n) is 5.48. The molecule has 152 valence electrons. The highest BCUT2D eigenvalue weighted by atomic mass is 16.5. The number of ether oxygens (including phenoxy) is 1. The predicted octanol–water partition coefficient (Wildman–Crippen LogP) is 4.25. The molecule has 0 spiro atoms. The van der Waals surface area contributed by atoms with Crippen LogP contribution in [0.3, 0.4) is 0 Å². The number of benzene rings is 2. The van der Waals surface area contributed by atoms with Gasteiger partial charge in [-0.05, 0) is 44.2 Å². The lowest BCUT2D eigenvalue weighted by atomic mass is 10.1. The molecule has 29 heavy (non-hydrogen) atoms. The minimum absolute atomic E-state index is 0.00758. The number of amides is 1. The molecule has 2 aliphatic rings. The molecule has 1 N–H and O–H groups in total. The lowest BCUT2D eigenvalue weighted by Crippen LogP contribution is -2.50. The number of rotatable bonds is 3. The second-order valence-corrected chi connectivity index (χ2v) is 7.73. The number of carbonyl (C=O) groups excluding carboxylic acids is 1. The van der Waals surface area contributed by atoms with Crippen LogP contribution >= 0.6 is 0 Å². The molecule has 1 saturated heterocycles. The zero-order chi connectivity index (χ0) is 20.4. The van der Waals surface area contributed by atoms with Crippen molar-refractivity contribution in [1.29, 1.82) is 0 Å². The number of hydrogen-bond donors (Lipinski definition) is 1. The summed E-state index contributed by atoms with van der Waals surface area (Å²) in [6, 6.07) is 14.2. The number of carbonyl (C=O) groups is 1. The zero-order valence-electron chi connectivity index (χ0n) is 17.3. The summed E-state index contributed by atoms with van der Waals surface area (Å²) in [7, 11) is 0. The highest BCUT2D eigenvalue weighted by molar-refractivity contribution is 6.05. The second-order valence-electron chi connectivity index (χ2n) is 7.73. The van der Waals surface area contributed by atoms with Gasteiger partial charge in [0.15, 0.2) is 5.75 Å². The Bertz CT molecular complexity index is 930. The van der Waals surface area contributed by atoms with Crippen molar-refractivity contribution in [3.8, 4) is 11.5 Å². The van der Waals surface area contributed by atoms with E-state index in [4.69, 9.17) is 9.73 Å². The average molecular weight is 393 g/mol. The van der Waals surface area contributed by atoms with Gasteiger partial charge in [-0.3, -0.25) is 9.69 Å². The van der Waals surface area contributed by atoms with Gasteiger partial charge in [0.25, 0.3) is 0 Å². The standard InChI is InChI=1S/C23H28N4O2/c1-4-22(28)24-17-9-10-20-18(15-17)23(25-19-7-5-6-8-21(19)29-20)27-13-11-26(12-14-27)16(2)3/h5-10,15-16H,4,11-14H2,1-3H3,(H,24,28). The number of para-hydroxylation sites is 2. The molecule has 0 radical (unpaired) electrons. The molecule has 0 saturated carbocycles. The first-order valence-electron chi connectivity index (χ1n) is 10.3. The summed E-state index contributed by atoms with van der Waals surface area (Å²) in [5, 5.41) is 2.95. The van der Waals surface area contributed by atoms with E-state index in [1.807, 2.05) is 49.4 Å². The molecule has 0 aliphatic carbocycles. The molecule has 1 amide bonds. The van der Waals surface area contributed by atoms with Crippen LogP contribution in [0.1, 0.15) is 32.8 Å². The van der Waals surface area contributed by atoms with Crippen molar-refractivity contribution in [1.82, 2.24) is 9.80 Å². The smallest absolute Gasteiger partial charge is 0.224 e. The fourth-order valence-electron chi connectivity index (χ4n) is 3.74. The Hall–Kier alpha value is -2.86. The molecule has 6 heteroatoms. The molecule has 2 heterocycles. The number of nitrogens with zero attached hydrogens (tertiary/aromatic N) is 3. The average Bonchev–Trinajstić information content (AvgIpc) is 2.90. The number of nitrogens with one attached hydrogen (secondary N) is 1. The van der Waals surface area contributed by atoms with E-state index in [9.17, 15) is 4.79 Å². The lowest BCUT2D eigenvalue weighted by Gasteiger charge is -2.38. The van der Waals surface area contributed by atoms with Gasteiger partial charge in [0.1, 0.15) is 17.3 Å². The van der Waals surface area contributed by atoms with Crippen molar-refractivity contribution < 1.29 is 9.53 Å². The molecule has 0 aromatic heterocycles. The number of piperazine rings is 1. The van der Waals surface area contributed by atoms with E-state index in [2.05, 4.69) is 29.0 Å². The van der Waals surface area contributed by atoms with E-state index < -0.39 is 0 Å². The largest absolute Gasteiger partial charge is 0.454 e. The molecule has 4 rings (SSSR count). The number of anilines is 1. The minimum Gasteiger partial charge on any atom is -0.454 e. The summed E-state index contributed by atoms with van der Waals surface area (Å²) in [4.78, 5) is 21.7. The van der Waals surface area contributed by atoms with Crippen LogP contribution in [0.5, 0.6) is 11.5 Å². The van der Waals surface area contributed by atoms with E-state index in [1.54, 1.807) is 0 Å². The van der Waals surface area contributed by atoms with Crippen LogP contribution in [0, 0.1) is 0 Å². The van der Waals surface area contributed by atoms with Crippen molar-refractivity contribution in [2.45, 2.75) is 33.2 Å². The van der Waals surface area contributed by atoms with Gasteiger partial charge in [-0.15, -0.1) is 0 Å². The van der Waals surface area contributed by atoms with Gasteiger partial charge in [0.05, 0.1) is 5.56 Å². The van der Waals surface area contributed by atoms with Gasteiger partial charge >= 0.3 is 0 Å². The minimum atomic E-state index is -0.00758. The fraction of sp³-hybridized carbons (Fsp3) is 0.391. The summed E-state index contributed by atoms with van der Waals surface area (Å²) >= 11 is 0. The van der Waals surface area contributed by atoms with Crippen LogP contribution in [0.25, 0.3) is 0 Å². The van der Waals surface area contributed by atoms with Gasteiger partial charge in [0.2, 0.25) is 5.91 Å². The van der Waals surface area contributed by atoms with Gasteiger partial charge in [-0.25, -0.2) is 4.99 Å². The Morgan fingerprint density at radius 3 is 2.59 bits per heavy atom. The number of fused-ring (bicyclic) bond motifs is 2.